The number of esters is 1. The minimum Gasteiger partial charge on any atom is -0.481 e. The molecule has 1 aliphatic rings. The first-order chi connectivity index (χ1) is 11.7. The number of rotatable bonds is 5. The second-order valence-corrected chi connectivity index (χ2v) is 7.59. The van der Waals surface area contributed by atoms with E-state index >= 15 is 0 Å². The number of allylic oxidation sites excluding steroid dienone is 3. The summed E-state index contributed by atoms with van der Waals surface area (Å²) >= 11 is 3.39. The SMILES string of the molecule is C=C(C)[C@@H]1CCC(C)=C[C@H]1c1c(CC(=O)O)cc(Br)cc1OC(C)=O. The first-order valence-corrected chi connectivity index (χ1v) is 9.03. The smallest absolute Gasteiger partial charge is 0.308 e. The lowest BCUT2D eigenvalue weighted by molar-refractivity contribution is -0.136. The van der Waals surface area contributed by atoms with Gasteiger partial charge in [-0.3, -0.25) is 9.59 Å². The molecule has 0 saturated carbocycles. The van der Waals surface area contributed by atoms with E-state index in [2.05, 4.69) is 35.5 Å². The van der Waals surface area contributed by atoms with E-state index < -0.39 is 11.9 Å². The molecular weight excluding hydrogens is 384 g/mol. The number of aliphatic carboxylic acids is 1. The quantitative estimate of drug-likeness (QED) is 0.423. The van der Waals surface area contributed by atoms with Gasteiger partial charge in [-0.15, -0.1) is 0 Å². The van der Waals surface area contributed by atoms with Crippen LogP contribution in [0.15, 0.2) is 40.4 Å². The van der Waals surface area contributed by atoms with Gasteiger partial charge in [-0.2, -0.15) is 0 Å². The van der Waals surface area contributed by atoms with Crippen molar-refractivity contribution in [1.82, 2.24) is 0 Å². The van der Waals surface area contributed by atoms with Crippen molar-refractivity contribution in [3.05, 3.63) is 51.5 Å². The van der Waals surface area contributed by atoms with Gasteiger partial charge in [0.1, 0.15) is 5.75 Å². The highest BCUT2D eigenvalue weighted by atomic mass is 79.9. The van der Waals surface area contributed by atoms with E-state index in [1.807, 2.05) is 6.92 Å². The molecule has 0 saturated heterocycles. The van der Waals surface area contributed by atoms with Crippen LogP contribution in [0.1, 0.15) is 50.7 Å². The van der Waals surface area contributed by atoms with Crippen LogP contribution >= 0.6 is 15.9 Å². The molecule has 0 radical (unpaired) electrons. The van der Waals surface area contributed by atoms with Crippen molar-refractivity contribution in [2.75, 3.05) is 0 Å². The Morgan fingerprint density at radius 1 is 1.36 bits per heavy atom. The molecule has 1 aromatic rings. The van der Waals surface area contributed by atoms with Crippen LogP contribution in [-0.2, 0) is 16.0 Å². The van der Waals surface area contributed by atoms with E-state index in [1.54, 1.807) is 12.1 Å². The molecule has 2 rings (SSSR count). The molecule has 0 spiro atoms. The molecule has 0 unspecified atom stereocenters. The molecular formula is C20H23BrO4. The first kappa shape index (κ1) is 19.4. The molecule has 1 aliphatic carbocycles. The number of carboxylic acids is 1. The molecule has 0 fully saturated rings. The zero-order valence-electron chi connectivity index (χ0n) is 14.8. The van der Waals surface area contributed by atoms with Gasteiger partial charge in [0.2, 0.25) is 0 Å². The average molecular weight is 407 g/mol. The van der Waals surface area contributed by atoms with Gasteiger partial charge < -0.3 is 9.84 Å². The third-order valence-corrected chi connectivity index (χ3v) is 4.96. The summed E-state index contributed by atoms with van der Waals surface area (Å²) in [6.45, 7) is 9.53. The van der Waals surface area contributed by atoms with Crippen molar-refractivity contribution >= 4 is 27.9 Å². The van der Waals surface area contributed by atoms with Crippen molar-refractivity contribution in [3.8, 4) is 5.75 Å². The van der Waals surface area contributed by atoms with E-state index in [0.29, 0.717) is 15.8 Å². The van der Waals surface area contributed by atoms with Gasteiger partial charge in [0.05, 0.1) is 6.42 Å². The summed E-state index contributed by atoms with van der Waals surface area (Å²) in [5.74, 6) is -0.796. The van der Waals surface area contributed by atoms with Crippen molar-refractivity contribution in [3.63, 3.8) is 0 Å². The highest BCUT2D eigenvalue weighted by Gasteiger charge is 2.31. The molecule has 25 heavy (non-hydrogen) atoms. The summed E-state index contributed by atoms with van der Waals surface area (Å²) in [5, 5.41) is 9.32. The lowest BCUT2D eigenvalue weighted by atomic mass is 9.72. The molecule has 4 nitrogen and oxygen atoms in total. The van der Waals surface area contributed by atoms with Crippen LogP contribution in [0.2, 0.25) is 0 Å². The fourth-order valence-electron chi connectivity index (χ4n) is 3.48. The van der Waals surface area contributed by atoms with E-state index in [4.69, 9.17) is 4.74 Å². The van der Waals surface area contributed by atoms with Gasteiger partial charge in [0, 0.05) is 22.9 Å². The van der Waals surface area contributed by atoms with Crippen LogP contribution in [0.5, 0.6) is 5.75 Å². The number of halogens is 1. The van der Waals surface area contributed by atoms with Crippen molar-refractivity contribution in [2.45, 2.75) is 46.0 Å². The largest absolute Gasteiger partial charge is 0.481 e. The highest BCUT2D eigenvalue weighted by Crippen LogP contribution is 2.45. The molecule has 0 aliphatic heterocycles. The maximum absolute atomic E-state index is 11.6. The summed E-state index contributed by atoms with van der Waals surface area (Å²) in [6.07, 6.45) is 3.96. The zero-order valence-corrected chi connectivity index (χ0v) is 16.4. The van der Waals surface area contributed by atoms with Crippen molar-refractivity contribution in [2.24, 2.45) is 5.92 Å². The van der Waals surface area contributed by atoms with Gasteiger partial charge in [0.15, 0.2) is 0 Å². The summed E-state index contributed by atoms with van der Waals surface area (Å²) in [5.41, 5.74) is 3.72. The molecule has 134 valence electrons. The van der Waals surface area contributed by atoms with Crippen molar-refractivity contribution in [1.29, 1.82) is 0 Å². The molecule has 2 atom stereocenters. The number of hydrogen-bond acceptors (Lipinski definition) is 3. The number of hydrogen-bond donors (Lipinski definition) is 1. The van der Waals surface area contributed by atoms with E-state index in [1.165, 1.54) is 12.5 Å². The fourth-order valence-corrected chi connectivity index (χ4v) is 3.96. The number of carbonyl (C=O) groups excluding carboxylic acids is 1. The van der Waals surface area contributed by atoms with Crippen LogP contribution in [0, 0.1) is 5.92 Å². The van der Waals surface area contributed by atoms with Crippen LogP contribution < -0.4 is 4.74 Å². The monoisotopic (exact) mass is 406 g/mol. The standard InChI is InChI=1S/C20H23BrO4/c1-11(2)16-6-5-12(3)7-17(16)20-14(9-19(23)24)8-15(21)10-18(20)25-13(4)22/h7-8,10,16-17H,1,5-6,9H2,2-4H3,(H,23,24)/t16-,17+/m0/s1. The normalized spacial score (nSPS) is 19.9. The summed E-state index contributed by atoms with van der Waals surface area (Å²) < 4.78 is 6.13. The zero-order chi connectivity index (χ0) is 18.7. The van der Waals surface area contributed by atoms with Gasteiger partial charge in [-0.05, 0) is 50.3 Å². The van der Waals surface area contributed by atoms with E-state index in [-0.39, 0.29) is 18.3 Å². The van der Waals surface area contributed by atoms with Crippen LogP contribution in [0.4, 0.5) is 0 Å². The van der Waals surface area contributed by atoms with Crippen molar-refractivity contribution < 1.29 is 19.4 Å². The van der Waals surface area contributed by atoms with Gasteiger partial charge in [0.25, 0.3) is 0 Å². The minimum atomic E-state index is -0.920. The molecule has 0 aromatic heterocycles. The Balaban J connectivity index is 2.69. The maximum Gasteiger partial charge on any atom is 0.308 e. The number of benzene rings is 1. The number of carboxylic acid groups (broad SMARTS) is 1. The predicted molar refractivity (Wildman–Crippen MR) is 101 cm³/mol. The lowest BCUT2D eigenvalue weighted by Gasteiger charge is -2.32. The number of carbonyl (C=O) groups is 2. The molecule has 0 bridgehead atoms. The lowest BCUT2D eigenvalue weighted by Crippen LogP contribution is -2.20. The highest BCUT2D eigenvalue weighted by molar-refractivity contribution is 9.10. The molecule has 0 heterocycles. The predicted octanol–water partition coefficient (Wildman–Crippen LogP) is 5.02. The molecule has 5 heteroatoms. The van der Waals surface area contributed by atoms with Crippen LogP contribution in [0.3, 0.4) is 0 Å². The summed E-state index contributed by atoms with van der Waals surface area (Å²) in [4.78, 5) is 23.0. The van der Waals surface area contributed by atoms with Gasteiger partial charge >= 0.3 is 11.9 Å². The average Bonchev–Trinajstić information content (AvgIpc) is 2.44. The topological polar surface area (TPSA) is 63.6 Å². The third kappa shape index (κ3) is 4.82. The second-order valence-electron chi connectivity index (χ2n) is 6.67. The Kier molecular flexibility index (Phi) is 6.22. The Hall–Kier alpha value is -1.88. The van der Waals surface area contributed by atoms with E-state index in [9.17, 15) is 14.7 Å². The molecule has 1 N–H and O–H groups in total. The fraction of sp³-hybridized carbons (Fsp3) is 0.400. The Morgan fingerprint density at radius 3 is 2.60 bits per heavy atom. The number of ether oxygens (including phenoxy) is 1. The Morgan fingerprint density at radius 2 is 2.04 bits per heavy atom. The third-order valence-electron chi connectivity index (χ3n) is 4.50. The first-order valence-electron chi connectivity index (χ1n) is 8.24. The summed E-state index contributed by atoms with van der Waals surface area (Å²) in [6, 6.07) is 3.53. The van der Waals surface area contributed by atoms with Crippen LogP contribution in [-0.4, -0.2) is 17.0 Å². The van der Waals surface area contributed by atoms with Crippen LogP contribution in [0.25, 0.3) is 0 Å². The van der Waals surface area contributed by atoms with Gasteiger partial charge in [-0.25, -0.2) is 0 Å². The summed E-state index contributed by atoms with van der Waals surface area (Å²) in [7, 11) is 0. The van der Waals surface area contributed by atoms with E-state index in [0.717, 1.165) is 24.0 Å². The Bertz CT molecular complexity index is 711. The van der Waals surface area contributed by atoms with Gasteiger partial charge in [-0.1, -0.05) is 39.7 Å². The maximum atomic E-state index is 11.6. The second kappa shape index (κ2) is 8.00. The minimum absolute atomic E-state index is 0.0527. The Labute approximate surface area is 156 Å². The molecule has 1 aromatic carbocycles. The molecule has 0 amide bonds.